The van der Waals surface area contributed by atoms with Gasteiger partial charge in [-0.25, -0.2) is 0 Å². The Morgan fingerprint density at radius 2 is 2.11 bits per heavy atom. The smallest absolute Gasteiger partial charge is 0.253 e. The van der Waals surface area contributed by atoms with Crippen LogP contribution in [0.1, 0.15) is 17.3 Å². The van der Waals surface area contributed by atoms with E-state index in [4.69, 9.17) is 11.6 Å². The number of benzene rings is 1. The van der Waals surface area contributed by atoms with Crippen LogP contribution in [0.5, 0.6) is 0 Å². The number of nitrogens with zero attached hydrogens (tertiary/aromatic N) is 1. The van der Waals surface area contributed by atoms with Crippen molar-refractivity contribution in [1.82, 2.24) is 10.2 Å². The van der Waals surface area contributed by atoms with Gasteiger partial charge in [-0.3, -0.25) is 9.59 Å². The summed E-state index contributed by atoms with van der Waals surface area (Å²) in [4.78, 5) is 25.1. The van der Waals surface area contributed by atoms with Gasteiger partial charge in [0.2, 0.25) is 5.91 Å². The predicted octanol–water partition coefficient (Wildman–Crippen LogP) is 2.56. The summed E-state index contributed by atoms with van der Waals surface area (Å²) in [6.45, 7) is 2.13. The molecule has 19 heavy (non-hydrogen) atoms. The molecular weight excluding hydrogens is 332 g/mol. The highest BCUT2D eigenvalue weighted by Crippen LogP contribution is 2.23. The van der Waals surface area contributed by atoms with E-state index >= 15 is 0 Å². The Hall–Kier alpha value is -1.07. The standard InChI is InChI=1S/C13H16BrClN2O2/c1-8(12(18)16-2)7-17(3)13(19)9-4-5-10(14)11(15)6-9/h4-6,8H,7H2,1-3H3,(H,16,18). The second kappa shape index (κ2) is 6.91. The van der Waals surface area contributed by atoms with Gasteiger partial charge in [0, 0.05) is 30.7 Å². The number of nitrogens with one attached hydrogen (secondary N) is 1. The molecule has 0 aliphatic carbocycles. The van der Waals surface area contributed by atoms with E-state index in [2.05, 4.69) is 21.2 Å². The van der Waals surface area contributed by atoms with Gasteiger partial charge < -0.3 is 10.2 Å². The van der Waals surface area contributed by atoms with Crippen molar-refractivity contribution in [2.75, 3.05) is 20.6 Å². The van der Waals surface area contributed by atoms with Crippen molar-refractivity contribution in [3.8, 4) is 0 Å². The summed E-state index contributed by atoms with van der Waals surface area (Å²) in [6.07, 6.45) is 0. The number of amides is 2. The topological polar surface area (TPSA) is 49.4 Å². The molecule has 0 aliphatic heterocycles. The molecule has 1 atom stereocenters. The maximum absolute atomic E-state index is 12.2. The molecule has 1 N–H and O–H groups in total. The van der Waals surface area contributed by atoms with Crippen LogP contribution in [0.3, 0.4) is 0 Å². The molecule has 0 bridgehead atoms. The van der Waals surface area contributed by atoms with E-state index in [0.717, 1.165) is 4.47 Å². The maximum atomic E-state index is 12.2. The van der Waals surface area contributed by atoms with Gasteiger partial charge in [0.15, 0.2) is 0 Å². The molecule has 0 heterocycles. The second-order valence-electron chi connectivity index (χ2n) is 4.33. The number of hydrogen-bond acceptors (Lipinski definition) is 2. The van der Waals surface area contributed by atoms with Crippen molar-refractivity contribution in [3.63, 3.8) is 0 Å². The van der Waals surface area contributed by atoms with Crippen LogP contribution in [0.15, 0.2) is 22.7 Å². The molecule has 1 unspecified atom stereocenters. The average molecular weight is 348 g/mol. The minimum Gasteiger partial charge on any atom is -0.359 e. The zero-order valence-corrected chi connectivity index (χ0v) is 13.4. The van der Waals surface area contributed by atoms with E-state index in [1.54, 1.807) is 39.2 Å². The number of carbonyl (C=O) groups excluding carboxylic acids is 2. The molecule has 0 saturated heterocycles. The highest BCUT2D eigenvalue weighted by Gasteiger charge is 2.18. The van der Waals surface area contributed by atoms with Crippen LogP contribution in [0, 0.1) is 5.92 Å². The van der Waals surface area contributed by atoms with Gasteiger partial charge in [0.1, 0.15) is 0 Å². The molecule has 1 aromatic rings. The Labute approximate surface area is 126 Å². The number of hydrogen-bond donors (Lipinski definition) is 1. The minimum absolute atomic E-state index is 0.0894. The van der Waals surface area contributed by atoms with Gasteiger partial charge in [0.05, 0.1) is 10.9 Å². The fourth-order valence-electron chi connectivity index (χ4n) is 1.67. The molecule has 0 spiro atoms. The van der Waals surface area contributed by atoms with Crippen LogP contribution >= 0.6 is 27.5 Å². The first-order valence-corrected chi connectivity index (χ1v) is 6.96. The van der Waals surface area contributed by atoms with E-state index in [0.29, 0.717) is 17.1 Å². The van der Waals surface area contributed by atoms with Crippen molar-refractivity contribution in [3.05, 3.63) is 33.3 Å². The van der Waals surface area contributed by atoms with Crippen molar-refractivity contribution >= 4 is 39.3 Å². The molecule has 0 aliphatic rings. The third kappa shape index (κ3) is 4.21. The van der Waals surface area contributed by atoms with Crippen molar-refractivity contribution in [2.45, 2.75) is 6.92 Å². The van der Waals surface area contributed by atoms with E-state index < -0.39 is 0 Å². The normalized spacial score (nSPS) is 11.8. The van der Waals surface area contributed by atoms with Crippen LogP contribution in [0.25, 0.3) is 0 Å². The Bertz CT molecular complexity index is 494. The van der Waals surface area contributed by atoms with E-state index in [1.807, 2.05) is 0 Å². The predicted molar refractivity (Wildman–Crippen MR) is 79.3 cm³/mol. The number of rotatable bonds is 4. The van der Waals surface area contributed by atoms with Gasteiger partial charge in [-0.15, -0.1) is 0 Å². The average Bonchev–Trinajstić information content (AvgIpc) is 2.39. The first-order chi connectivity index (χ1) is 8.86. The Balaban J connectivity index is 2.76. The SMILES string of the molecule is CNC(=O)C(C)CN(C)C(=O)c1ccc(Br)c(Cl)c1. The third-order valence-corrected chi connectivity index (χ3v) is 3.99. The zero-order valence-electron chi connectivity index (χ0n) is 11.0. The molecule has 1 aromatic carbocycles. The lowest BCUT2D eigenvalue weighted by atomic mass is 10.1. The summed E-state index contributed by atoms with van der Waals surface area (Å²) < 4.78 is 0.743. The Morgan fingerprint density at radius 1 is 1.47 bits per heavy atom. The minimum atomic E-state index is -0.259. The molecule has 4 nitrogen and oxygen atoms in total. The lowest BCUT2D eigenvalue weighted by Gasteiger charge is -2.21. The van der Waals surface area contributed by atoms with Crippen LogP contribution in [-0.4, -0.2) is 37.4 Å². The Morgan fingerprint density at radius 3 is 2.63 bits per heavy atom. The molecular formula is C13H16BrClN2O2. The van der Waals surface area contributed by atoms with Crippen molar-refractivity contribution < 1.29 is 9.59 Å². The fourth-order valence-corrected chi connectivity index (χ4v) is 2.10. The lowest BCUT2D eigenvalue weighted by molar-refractivity contribution is -0.124. The van der Waals surface area contributed by atoms with Crippen molar-refractivity contribution in [2.24, 2.45) is 5.92 Å². The summed E-state index contributed by atoms with van der Waals surface area (Å²) in [6, 6.07) is 5.03. The molecule has 0 radical (unpaired) electrons. The van der Waals surface area contributed by atoms with Gasteiger partial charge in [-0.1, -0.05) is 18.5 Å². The van der Waals surface area contributed by atoms with Crippen LogP contribution in [0.2, 0.25) is 5.02 Å². The summed E-state index contributed by atoms with van der Waals surface area (Å²) >= 11 is 9.23. The summed E-state index contributed by atoms with van der Waals surface area (Å²) in [5.41, 5.74) is 0.500. The highest BCUT2D eigenvalue weighted by atomic mass is 79.9. The monoisotopic (exact) mass is 346 g/mol. The molecule has 0 saturated carbocycles. The van der Waals surface area contributed by atoms with Crippen molar-refractivity contribution in [1.29, 1.82) is 0 Å². The van der Waals surface area contributed by atoms with E-state index in [9.17, 15) is 9.59 Å². The summed E-state index contributed by atoms with van der Waals surface area (Å²) in [5.74, 6) is -0.511. The molecule has 0 fully saturated rings. The first kappa shape index (κ1) is 16.0. The molecule has 104 valence electrons. The van der Waals surface area contributed by atoms with Gasteiger partial charge in [-0.2, -0.15) is 0 Å². The number of carbonyl (C=O) groups is 2. The van der Waals surface area contributed by atoms with Gasteiger partial charge >= 0.3 is 0 Å². The zero-order chi connectivity index (χ0) is 14.6. The first-order valence-electron chi connectivity index (χ1n) is 5.79. The summed E-state index contributed by atoms with van der Waals surface area (Å²) in [7, 11) is 3.24. The van der Waals surface area contributed by atoms with E-state index in [-0.39, 0.29) is 17.7 Å². The van der Waals surface area contributed by atoms with Crippen LogP contribution in [-0.2, 0) is 4.79 Å². The quantitative estimate of drug-likeness (QED) is 0.910. The Kier molecular flexibility index (Phi) is 5.82. The number of halogens is 2. The van der Waals surface area contributed by atoms with Gasteiger partial charge in [-0.05, 0) is 34.1 Å². The molecule has 1 rings (SSSR count). The maximum Gasteiger partial charge on any atom is 0.253 e. The van der Waals surface area contributed by atoms with Crippen LogP contribution < -0.4 is 5.32 Å². The fraction of sp³-hybridized carbons (Fsp3) is 0.385. The molecule has 0 aromatic heterocycles. The van der Waals surface area contributed by atoms with Crippen LogP contribution in [0.4, 0.5) is 0 Å². The lowest BCUT2D eigenvalue weighted by Crippen LogP contribution is -2.37. The summed E-state index contributed by atoms with van der Waals surface area (Å²) in [5, 5.41) is 3.05. The second-order valence-corrected chi connectivity index (χ2v) is 5.59. The van der Waals surface area contributed by atoms with Gasteiger partial charge in [0.25, 0.3) is 5.91 Å². The highest BCUT2D eigenvalue weighted by molar-refractivity contribution is 9.10. The third-order valence-electron chi connectivity index (χ3n) is 2.75. The largest absolute Gasteiger partial charge is 0.359 e. The molecule has 2 amide bonds. The molecule has 6 heteroatoms. The van der Waals surface area contributed by atoms with E-state index in [1.165, 1.54) is 4.90 Å².